The second-order valence-corrected chi connectivity index (χ2v) is 9.06. The van der Waals surface area contributed by atoms with E-state index in [-0.39, 0.29) is 0 Å². The molecule has 128 valence electrons. The van der Waals surface area contributed by atoms with E-state index < -0.39 is 0 Å². The first-order chi connectivity index (χ1) is 10.9. The highest BCUT2D eigenvalue weighted by Gasteiger charge is 2.24. The Labute approximate surface area is 144 Å². The zero-order chi connectivity index (χ0) is 16.7. The van der Waals surface area contributed by atoms with Crippen LogP contribution in [-0.4, -0.2) is 0 Å². The molecule has 0 aromatic rings. The topological polar surface area (TPSA) is 0 Å². The van der Waals surface area contributed by atoms with Gasteiger partial charge in [-0.1, -0.05) is 89.1 Å². The largest absolute Gasteiger partial charge is 0.0808 e. The smallest absolute Gasteiger partial charge is 0.0167 e. The van der Waals surface area contributed by atoms with Gasteiger partial charge in [-0.25, -0.2) is 0 Å². The predicted molar refractivity (Wildman–Crippen MR) is 103 cm³/mol. The van der Waals surface area contributed by atoms with Gasteiger partial charge in [0.2, 0.25) is 0 Å². The summed E-state index contributed by atoms with van der Waals surface area (Å²) in [6.45, 7) is 8.75. The van der Waals surface area contributed by atoms with E-state index in [0.717, 1.165) is 23.7 Å². The first-order valence-corrected chi connectivity index (χ1v) is 9.63. The molecule has 0 aliphatic heterocycles. The first kappa shape index (κ1) is 18.3. The van der Waals surface area contributed by atoms with Gasteiger partial charge in [0, 0.05) is 0 Å². The third kappa shape index (κ3) is 6.94. The Morgan fingerprint density at radius 1 is 0.522 bits per heavy atom. The van der Waals surface area contributed by atoms with Crippen LogP contribution >= 0.6 is 0 Å². The van der Waals surface area contributed by atoms with Crippen LogP contribution in [0.4, 0.5) is 0 Å². The third-order valence-corrected chi connectivity index (χ3v) is 4.91. The van der Waals surface area contributed by atoms with Crippen LogP contribution in [0.5, 0.6) is 0 Å². The number of hydrogen-bond acceptors (Lipinski definition) is 0. The number of allylic oxidation sites excluding steroid dienone is 8. The average molecular weight is 313 g/mol. The fraction of sp³-hybridized carbons (Fsp3) is 0.652. The minimum absolute atomic E-state index is 0.500. The molecule has 0 heteroatoms. The van der Waals surface area contributed by atoms with Gasteiger partial charge >= 0.3 is 0 Å². The van der Waals surface area contributed by atoms with E-state index in [1.54, 1.807) is 0 Å². The average Bonchev–Trinajstić information content (AvgIpc) is 3.15. The van der Waals surface area contributed by atoms with E-state index in [1.807, 2.05) is 0 Å². The molecule has 0 spiro atoms. The molecule has 0 saturated heterocycles. The number of hydrogen-bond donors (Lipinski definition) is 0. The van der Waals surface area contributed by atoms with Gasteiger partial charge in [0.15, 0.2) is 0 Å². The van der Waals surface area contributed by atoms with Crippen molar-refractivity contribution in [3.63, 3.8) is 0 Å². The first-order valence-electron chi connectivity index (χ1n) is 9.63. The molecular weight excluding hydrogens is 276 g/mol. The molecule has 4 rings (SSSR count). The van der Waals surface area contributed by atoms with Crippen molar-refractivity contribution >= 4 is 0 Å². The molecule has 4 unspecified atom stereocenters. The molecule has 4 aliphatic rings. The molecule has 2 saturated carbocycles. The highest BCUT2D eigenvalue weighted by Crippen LogP contribution is 2.36. The lowest BCUT2D eigenvalue weighted by Crippen LogP contribution is -2.03. The molecule has 0 heterocycles. The lowest BCUT2D eigenvalue weighted by atomic mass is 9.92. The van der Waals surface area contributed by atoms with Crippen LogP contribution in [0.1, 0.15) is 66.2 Å². The molecule has 0 bridgehead atoms. The molecule has 0 aromatic carbocycles. The van der Waals surface area contributed by atoms with Gasteiger partial charge in [0.1, 0.15) is 0 Å². The van der Waals surface area contributed by atoms with E-state index in [4.69, 9.17) is 0 Å². The molecular formula is C23H36. The van der Waals surface area contributed by atoms with E-state index in [9.17, 15) is 0 Å². The maximum absolute atomic E-state index is 2.36. The van der Waals surface area contributed by atoms with Crippen LogP contribution in [0, 0.1) is 29.1 Å². The lowest BCUT2D eigenvalue weighted by Gasteiger charge is -2.13. The second kappa shape index (κ2) is 8.71. The Hall–Kier alpha value is -1.04. The van der Waals surface area contributed by atoms with Crippen molar-refractivity contribution in [2.45, 2.75) is 66.2 Å². The predicted octanol–water partition coefficient (Wildman–Crippen LogP) is 7.11. The van der Waals surface area contributed by atoms with Crippen LogP contribution in [0.25, 0.3) is 0 Å². The molecule has 0 radical (unpaired) electrons. The molecule has 0 nitrogen and oxygen atoms in total. The number of rotatable bonds is 0. The standard InChI is InChI=1S/2C9H12.C5H12/c2*1-2-5-9-7-3-6-8(9)4-1;1-5(2,3)4/h2*1-2,4-5,8-9H,3,6-7H2;1-4H3. The quantitative estimate of drug-likeness (QED) is 0.447. The Bertz CT molecular complexity index is 375. The Morgan fingerprint density at radius 3 is 0.957 bits per heavy atom. The Morgan fingerprint density at radius 2 is 0.739 bits per heavy atom. The van der Waals surface area contributed by atoms with Gasteiger partial charge in [-0.05, 0) is 54.8 Å². The molecule has 23 heavy (non-hydrogen) atoms. The maximum atomic E-state index is 2.36. The van der Waals surface area contributed by atoms with Gasteiger partial charge in [0.25, 0.3) is 0 Å². The maximum Gasteiger partial charge on any atom is -0.0167 e. The summed E-state index contributed by atoms with van der Waals surface area (Å²) in [4.78, 5) is 0. The van der Waals surface area contributed by atoms with E-state index in [1.165, 1.54) is 38.5 Å². The minimum Gasteiger partial charge on any atom is -0.0808 e. The summed E-state index contributed by atoms with van der Waals surface area (Å²) in [6.07, 6.45) is 26.7. The molecule has 0 N–H and O–H groups in total. The van der Waals surface area contributed by atoms with Gasteiger partial charge in [-0.3, -0.25) is 0 Å². The minimum atomic E-state index is 0.500. The van der Waals surface area contributed by atoms with Crippen molar-refractivity contribution in [3.8, 4) is 0 Å². The summed E-state index contributed by atoms with van der Waals surface area (Å²) in [7, 11) is 0. The van der Waals surface area contributed by atoms with Crippen LogP contribution in [-0.2, 0) is 0 Å². The van der Waals surface area contributed by atoms with Crippen LogP contribution in [0.2, 0.25) is 0 Å². The zero-order valence-electron chi connectivity index (χ0n) is 15.7. The van der Waals surface area contributed by atoms with Crippen LogP contribution in [0.3, 0.4) is 0 Å². The van der Waals surface area contributed by atoms with Crippen molar-refractivity contribution < 1.29 is 0 Å². The van der Waals surface area contributed by atoms with Crippen molar-refractivity contribution in [1.82, 2.24) is 0 Å². The van der Waals surface area contributed by atoms with Crippen molar-refractivity contribution in [3.05, 3.63) is 48.6 Å². The summed E-state index contributed by atoms with van der Waals surface area (Å²) >= 11 is 0. The normalized spacial score (nSPS) is 33.2. The molecule has 4 atom stereocenters. The summed E-state index contributed by atoms with van der Waals surface area (Å²) in [6, 6.07) is 0. The Balaban J connectivity index is 0.000000132. The van der Waals surface area contributed by atoms with Gasteiger partial charge < -0.3 is 0 Å². The molecule has 2 fully saturated rings. The summed E-state index contributed by atoms with van der Waals surface area (Å²) in [5.74, 6) is 3.59. The summed E-state index contributed by atoms with van der Waals surface area (Å²) in [5.41, 5.74) is 0.500. The van der Waals surface area contributed by atoms with E-state index in [0.29, 0.717) is 5.41 Å². The third-order valence-electron chi connectivity index (χ3n) is 4.91. The highest BCUT2D eigenvalue weighted by atomic mass is 14.3. The fourth-order valence-corrected chi connectivity index (χ4v) is 3.82. The Kier molecular flexibility index (Phi) is 6.93. The molecule has 4 aliphatic carbocycles. The fourth-order valence-electron chi connectivity index (χ4n) is 3.82. The van der Waals surface area contributed by atoms with Crippen LogP contribution in [0.15, 0.2) is 48.6 Å². The monoisotopic (exact) mass is 312 g/mol. The molecule has 0 aromatic heterocycles. The van der Waals surface area contributed by atoms with E-state index in [2.05, 4.69) is 76.3 Å². The zero-order valence-corrected chi connectivity index (χ0v) is 15.7. The lowest BCUT2D eigenvalue weighted by molar-refractivity contribution is 0.469. The van der Waals surface area contributed by atoms with Gasteiger partial charge in [0.05, 0.1) is 0 Å². The van der Waals surface area contributed by atoms with Crippen molar-refractivity contribution in [2.75, 3.05) is 0 Å². The van der Waals surface area contributed by atoms with Crippen LogP contribution < -0.4 is 0 Å². The SMILES string of the molecule is C1=CC2CCCC2C=C1.C1=CC2CCCC2C=C1.CC(C)(C)C. The second-order valence-electron chi connectivity index (χ2n) is 9.06. The number of fused-ring (bicyclic) bond motifs is 2. The van der Waals surface area contributed by atoms with E-state index >= 15 is 0 Å². The van der Waals surface area contributed by atoms with Crippen molar-refractivity contribution in [1.29, 1.82) is 0 Å². The summed E-state index contributed by atoms with van der Waals surface area (Å²) < 4.78 is 0. The molecule has 0 amide bonds. The van der Waals surface area contributed by atoms with Gasteiger partial charge in [-0.15, -0.1) is 0 Å². The van der Waals surface area contributed by atoms with Gasteiger partial charge in [-0.2, -0.15) is 0 Å². The summed E-state index contributed by atoms with van der Waals surface area (Å²) in [5, 5.41) is 0. The van der Waals surface area contributed by atoms with Crippen molar-refractivity contribution in [2.24, 2.45) is 29.1 Å². The highest BCUT2D eigenvalue weighted by molar-refractivity contribution is 5.16.